The van der Waals surface area contributed by atoms with E-state index in [1.165, 1.54) is 12.5 Å². The minimum Gasteiger partial charge on any atom is -0.399 e. The molecule has 0 aliphatic heterocycles. The van der Waals surface area contributed by atoms with Crippen LogP contribution < -0.4 is 11.1 Å². The first-order chi connectivity index (χ1) is 6.15. The highest BCUT2D eigenvalue weighted by Gasteiger charge is 1.93. The van der Waals surface area contributed by atoms with Crippen molar-refractivity contribution in [3.8, 4) is 0 Å². The highest BCUT2D eigenvalue weighted by Crippen LogP contribution is 2.16. The minimum atomic E-state index is 0.750. The Hall–Kier alpha value is -1.51. The number of anilines is 2. The number of nitrogens with two attached hydrogens (primary N) is 1. The van der Waals surface area contributed by atoms with Gasteiger partial charge in [0.15, 0.2) is 0 Å². The van der Waals surface area contributed by atoms with E-state index in [0.29, 0.717) is 0 Å². The van der Waals surface area contributed by atoms with Gasteiger partial charge in [-0.3, -0.25) is 0 Å². The predicted octanol–water partition coefficient (Wildman–Crippen LogP) is 1.82. The fourth-order valence-corrected chi connectivity index (χ4v) is 0.967. The lowest BCUT2D eigenvalue weighted by molar-refractivity contribution is -0.106. The number of aldehydes is 1. The standard InChI is InChI=1S/C8H12N2.C2H4O/c1-6-5-7(9)3-4-8(6)10-2;1-2-3/h3-5,10H,9H2,1-2H3;2H,1H3. The van der Waals surface area contributed by atoms with Gasteiger partial charge in [0.2, 0.25) is 0 Å². The molecule has 0 spiro atoms. The van der Waals surface area contributed by atoms with E-state index in [-0.39, 0.29) is 0 Å². The number of hydrogen-bond acceptors (Lipinski definition) is 3. The van der Waals surface area contributed by atoms with Crippen molar-refractivity contribution in [1.29, 1.82) is 0 Å². The van der Waals surface area contributed by atoms with Gasteiger partial charge in [-0.1, -0.05) is 0 Å². The molecule has 0 aliphatic rings. The van der Waals surface area contributed by atoms with Crippen LogP contribution in [0, 0.1) is 6.92 Å². The second-order valence-electron chi connectivity index (χ2n) is 2.56. The molecule has 0 aliphatic carbocycles. The van der Waals surface area contributed by atoms with E-state index in [1.54, 1.807) is 0 Å². The minimum absolute atomic E-state index is 0.750. The molecule has 13 heavy (non-hydrogen) atoms. The second-order valence-corrected chi connectivity index (χ2v) is 2.56. The Kier molecular flexibility index (Phi) is 5.35. The van der Waals surface area contributed by atoms with Crippen LogP contribution in [-0.2, 0) is 4.79 Å². The Bertz CT molecular complexity index is 272. The molecule has 3 heteroatoms. The number of nitrogens with one attached hydrogen (secondary N) is 1. The monoisotopic (exact) mass is 180 g/mol. The van der Waals surface area contributed by atoms with Gasteiger partial charge in [-0.05, 0) is 37.6 Å². The van der Waals surface area contributed by atoms with Crippen LogP contribution >= 0.6 is 0 Å². The molecule has 72 valence electrons. The average molecular weight is 180 g/mol. The van der Waals surface area contributed by atoms with Gasteiger partial charge in [0, 0.05) is 18.4 Å². The van der Waals surface area contributed by atoms with Gasteiger partial charge in [-0.15, -0.1) is 0 Å². The van der Waals surface area contributed by atoms with Gasteiger partial charge in [-0.2, -0.15) is 0 Å². The molecule has 0 saturated heterocycles. The summed E-state index contributed by atoms with van der Waals surface area (Å²) in [7, 11) is 1.90. The number of carbonyl (C=O) groups excluding carboxylic acids is 1. The number of rotatable bonds is 1. The summed E-state index contributed by atoms with van der Waals surface area (Å²) in [6.07, 6.45) is 0.750. The Morgan fingerprint density at radius 1 is 1.46 bits per heavy atom. The van der Waals surface area contributed by atoms with Gasteiger partial charge < -0.3 is 15.8 Å². The number of benzene rings is 1. The molecular weight excluding hydrogens is 164 g/mol. The van der Waals surface area contributed by atoms with Crippen molar-refractivity contribution >= 4 is 17.7 Å². The molecule has 0 unspecified atom stereocenters. The van der Waals surface area contributed by atoms with E-state index in [4.69, 9.17) is 10.5 Å². The van der Waals surface area contributed by atoms with Crippen molar-refractivity contribution in [3.05, 3.63) is 23.8 Å². The van der Waals surface area contributed by atoms with Gasteiger partial charge >= 0.3 is 0 Å². The summed E-state index contributed by atoms with van der Waals surface area (Å²) < 4.78 is 0. The molecule has 1 rings (SSSR count). The van der Waals surface area contributed by atoms with Crippen LogP contribution in [0.25, 0.3) is 0 Å². The molecule has 0 amide bonds. The maximum atomic E-state index is 8.81. The lowest BCUT2D eigenvalue weighted by Crippen LogP contribution is -1.92. The maximum absolute atomic E-state index is 8.81. The van der Waals surface area contributed by atoms with Crippen LogP contribution in [0.15, 0.2) is 18.2 Å². The SMILES string of the molecule is CC=O.CNc1ccc(N)cc1C. The maximum Gasteiger partial charge on any atom is 0.116 e. The fraction of sp³-hybridized carbons (Fsp3) is 0.300. The molecule has 3 nitrogen and oxygen atoms in total. The Morgan fingerprint density at radius 2 is 2.00 bits per heavy atom. The number of aryl methyl sites for hydroxylation is 1. The lowest BCUT2D eigenvalue weighted by atomic mass is 10.2. The van der Waals surface area contributed by atoms with Gasteiger partial charge in [0.1, 0.15) is 6.29 Å². The molecule has 0 saturated carbocycles. The zero-order valence-corrected chi connectivity index (χ0v) is 8.29. The van der Waals surface area contributed by atoms with E-state index >= 15 is 0 Å². The molecule has 0 fully saturated rings. The smallest absolute Gasteiger partial charge is 0.116 e. The number of carbonyl (C=O) groups is 1. The average Bonchev–Trinajstić information content (AvgIpc) is 2.06. The molecule has 0 aromatic heterocycles. The summed E-state index contributed by atoms with van der Waals surface area (Å²) in [5.41, 5.74) is 8.69. The van der Waals surface area contributed by atoms with E-state index in [1.807, 2.05) is 32.2 Å². The summed E-state index contributed by atoms with van der Waals surface area (Å²) in [6.45, 7) is 3.47. The lowest BCUT2D eigenvalue weighted by Gasteiger charge is -2.04. The zero-order valence-electron chi connectivity index (χ0n) is 8.29. The quantitative estimate of drug-likeness (QED) is 0.512. The number of nitrogen functional groups attached to an aromatic ring is 1. The Morgan fingerprint density at radius 3 is 2.38 bits per heavy atom. The molecular formula is C10H16N2O. The van der Waals surface area contributed by atoms with Gasteiger partial charge in [0.25, 0.3) is 0 Å². The van der Waals surface area contributed by atoms with Crippen LogP contribution in [0.2, 0.25) is 0 Å². The molecule has 0 bridgehead atoms. The Labute approximate surface area is 78.9 Å². The highest BCUT2D eigenvalue weighted by molar-refractivity contribution is 5.56. The van der Waals surface area contributed by atoms with E-state index < -0.39 is 0 Å². The second kappa shape index (κ2) is 6.06. The summed E-state index contributed by atoms with van der Waals surface area (Å²) >= 11 is 0. The van der Waals surface area contributed by atoms with Gasteiger partial charge in [-0.25, -0.2) is 0 Å². The van der Waals surface area contributed by atoms with Crippen LogP contribution in [0.4, 0.5) is 11.4 Å². The summed E-state index contributed by atoms with van der Waals surface area (Å²) in [5.74, 6) is 0. The van der Waals surface area contributed by atoms with Crippen LogP contribution in [0.3, 0.4) is 0 Å². The molecule has 1 aromatic carbocycles. The zero-order chi connectivity index (χ0) is 10.3. The van der Waals surface area contributed by atoms with Crippen molar-refractivity contribution in [3.63, 3.8) is 0 Å². The van der Waals surface area contributed by atoms with E-state index in [2.05, 4.69) is 5.32 Å². The normalized spacial score (nSPS) is 8.23. The molecule has 0 radical (unpaired) electrons. The van der Waals surface area contributed by atoms with Crippen molar-refractivity contribution < 1.29 is 4.79 Å². The van der Waals surface area contributed by atoms with E-state index in [9.17, 15) is 0 Å². The molecule has 0 heterocycles. The third-order valence-corrected chi connectivity index (χ3v) is 1.52. The predicted molar refractivity (Wildman–Crippen MR) is 56.9 cm³/mol. The van der Waals surface area contributed by atoms with Crippen LogP contribution in [0.5, 0.6) is 0 Å². The topological polar surface area (TPSA) is 55.1 Å². The van der Waals surface area contributed by atoms with Crippen molar-refractivity contribution in [2.24, 2.45) is 0 Å². The molecule has 1 aromatic rings. The highest BCUT2D eigenvalue weighted by atomic mass is 16.1. The van der Waals surface area contributed by atoms with Crippen molar-refractivity contribution in [2.45, 2.75) is 13.8 Å². The largest absolute Gasteiger partial charge is 0.399 e. The third kappa shape index (κ3) is 4.15. The van der Waals surface area contributed by atoms with E-state index in [0.717, 1.165) is 17.7 Å². The first-order valence-corrected chi connectivity index (χ1v) is 4.09. The first kappa shape index (κ1) is 11.5. The van der Waals surface area contributed by atoms with Crippen LogP contribution in [-0.4, -0.2) is 13.3 Å². The Balaban J connectivity index is 0.000000424. The van der Waals surface area contributed by atoms with Crippen molar-refractivity contribution in [1.82, 2.24) is 0 Å². The number of hydrogen-bond donors (Lipinski definition) is 2. The molecule has 0 atom stereocenters. The summed E-state index contributed by atoms with van der Waals surface area (Å²) in [4.78, 5) is 8.81. The third-order valence-electron chi connectivity index (χ3n) is 1.52. The van der Waals surface area contributed by atoms with Crippen molar-refractivity contribution in [2.75, 3.05) is 18.1 Å². The van der Waals surface area contributed by atoms with Crippen LogP contribution in [0.1, 0.15) is 12.5 Å². The summed E-state index contributed by atoms with van der Waals surface area (Å²) in [5, 5.41) is 3.07. The fourth-order valence-electron chi connectivity index (χ4n) is 0.967. The summed E-state index contributed by atoms with van der Waals surface area (Å²) in [6, 6.07) is 5.81. The molecule has 3 N–H and O–H groups in total. The van der Waals surface area contributed by atoms with Gasteiger partial charge in [0.05, 0.1) is 0 Å². The first-order valence-electron chi connectivity index (χ1n) is 4.09.